The molecule has 1 saturated carbocycles. The van der Waals surface area contributed by atoms with Gasteiger partial charge in [-0.1, -0.05) is 31.9 Å². The smallest absolute Gasteiger partial charge is 0.125 e. The first-order chi connectivity index (χ1) is 6.89. The maximum Gasteiger partial charge on any atom is 0.125 e. The number of hydrogen-bond acceptors (Lipinski definition) is 1. The molecule has 0 aromatic rings. The third kappa shape index (κ3) is 3.48. The molecule has 15 heavy (non-hydrogen) atoms. The summed E-state index contributed by atoms with van der Waals surface area (Å²) in [4.78, 5) is 11.0. The van der Waals surface area contributed by atoms with Gasteiger partial charge in [0.1, 0.15) is 6.29 Å². The summed E-state index contributed by atoms with van der Waals surface area (Å²) in [5.74, 6) is 0. The number of hydrogen-bond donors (Lipinski definition) is 0. The monoisotopic (exact) mass is 208 g/mol. The lowest BCUT2D eigenvalue weighted by Gasteiger charge is -2.45. The maximum atomic E-state index is 11.0. The van der Waals surface area contributed by atoms with Gasteiger partial charge in [0.05, 0.1) is 0 Å². The van der Waals surface area contributed by atoms with Crippen molar-refractivity contribution in [2.75, 3.05) is 0 Å². The Labute approximate surface area is 93.9 Å². The molecule has 0 N–H and O–H groups in total. The van der Waals surface area contributed by atoms with E-state index in [0.717, 1.165) is 19.1 Å². The van der Waals surface area contributed by atoms with Crippen LogP contribution in [0.25, 0.3) is 0 Å². The molecule has 1 aliphatic rings. The Morgan fingerprint density at radius 2 is 1.93 bits per heavy atom. The second kappa shape index (κ2) is 4.51. The van der Waals surface area contributed by atoms with E-state index >= 15 is 0 Å². The summed E-state index contributed by atoms with van der Waals surface area (Å²) in [6.07, 6.45) is 9.60. The fraction of sp³-hybridized carbons (Fsp3) is 0.786. The minimum absolute atomic E-state index is 0.143. The summed E-state index contributed by atoms with van der Waals surface area (Å²) in [5, 5.41) is 0. The molecule has 0 spiro atoms. The van der Waals surface area contributed by atoms with Gasteiger partial charge in [-0.2, -0.15) is 0 Å². The van der Waals surface area contributed by atoms with Crippen molar-refractivity contribution in [1.82, 2.24) is 0 Å². The average molecular weight is 208 g/mol. The Bertz CT molecular complexity index is 253. The summed E-state index contributed by atoms with van der Waals surface area (Å²) >= 11 is 0. The highest BCUT2D eigenvalue weighted by atomic mass is 16.1. The van der Waals surface area contributed by atoms with E-state index in [0.29, 0.717) is 5.41 Å². The topological polar surface area (TPSA) is 17.1 Å². The summed E-state index contributed by atoms with van der Waals surface area (Å²) in [7, 11) is 0. The molecule has 1 nitrogen and oxygen atoms in total. The summed E-state index contributed by atoms with van der Waals surface area (Å²) in [6.45, 7) is 8.42. The predicted octanol–water partition coefficient (Wildman–Crippen LogP) is 4.13. The highest BCUT2D eigenvalue weighted by molar-refractivity contribution is 5.58. The van der Waals surface area contributed by atoms with Gasteiger partial charge in [0.2, 0.25) is 0 Å². The molecule has 1 fully saturated rings. The van der Waals surface area contributed by atoms with E-state index < -0.39 is 0 Å². The standard InChI is InChI=1S/C14H24O/c1-12(2)6-9-14(7-5-8-14)10-13(3,4)11-15/h6,11H,5,7-10H2,1-4H3. The van der Waals surface area contributed by atoms with Crippen molar-refractivity contribution in [3.8, 4) is 0 Å². The van der Waals surface area contributed by atoms with Crippen molar-refractivity contribution < 1.29 is 4.79 Å². The number of carbonyl (C=O) groups excluding carboxylic acids is 1. The van der Waals surface area contributed by atoms with Gasteiger partial charge in [0.15, 0.2) is 0 Å². The highest BCUT2D eigenvalue weighted by Crippen LogP contribution is 2.51. The molecule has 1 heteroatoms. The van der Waals surface area contributed by atoms with Crippen LogP contribution in [0.4, 0.5) is 0 Å². The molecule has 0 aromatic heterocycles. The molecule has 0 aromatic carbocycles. The van der Waals surface area contributed by atoms with Gasteiger partial charge < -0.3 is 4.79 Å². The minimum atomic E-state index is -0.143. The highest BCUT2D eigenvalue weighted by Gasteiger charge is 2.40. The average Bonchev–Trinajstić information content (AvgIpc) is 2.09. The third-order valence-electron chi connectivity index (χ3n) is 3.51. The van der Waals surface area contributed by atoms with Gasteiger partial charge in [-0.25, -0.2) is 0 Å². The van der Waals surface area contributed by atoms with E-state index in [-0.39, 0.29) is 5.41 Å². The van der Waals surface area contributed by atoms with Gasteiger partial charge in [0.25, 0.3) is 0 Å². The van der Waals surface area contributed by atoms with E-state index in [1.54, 1.807) is 0 Å². The first-order valence-electron chi connectivity index (χ1n) is 5.99. The van der Waals surface area contributed by atoms with Gasteiger partial charge >= 0.3 is 0 Å². The van der Waals surface area contributed by atoms with Crippen molar-refractivity contribution in [2.24, 2.45) is 10.8 Å². The van der Waals surface area contributed by atoms with Crippen LogP contribution in [0.15, 0.2) is 11.6 Å². The molecule has 1 rings (SSSR count). The normalized spacial score (nSPS) is 19.2. The first-order valence-corrected chi connectivity index (χ1v) is 5.99. The SMILES string of the molecule is CC(C)=CCC1(CC(C)(C)C=O)CCC1. The third-order valence-corrected chi connectivity index (χ3v) is 3.51. The van der Waals surface area contributed by atoms with Crippen LogP contribution < -0.4 is 0 Å². The zero-order chi connectivity index (χ0) is 11.5. The first kappa shape index (κ1) is 12.5. The van der Waals surface area contributed by atoms with Crippen LogP contribution in [-0.2, 0) is 4.79 Å². The fourth-order valence-electron chi connectivity index (χ4n) is 2.56. The van der Waals surface area contributed by atoms with E-state index in [4.69, 9.17) is 0 Å². The molecule has 0 amide bonds. The summed E-state index contributed by atoms with van der Waals surface area (Å²) in [6, 6.07) is 0. The zero-order valence-electron chi connectivity index (χ0n) is 10.6. The number of aldehydes is 1. The van der Waals surface area contributed by atoms with Crippen molar-refractivity contribution in [2.45, 2.75) is 59.8 Å². The van der Waals surface area contributed by atoms with Crippen LogP contribution in [0.3, 0.4) is 0 Å². The van der Waals surface area contributed by atoms with E-state index in [9.17, 15) is 4.79 Å². The molecule has 0 atom stereocenters. The van der Waals surface area contributed by atoms with Gasteiger partial charge in [0, 0.05) is 5.41 Å². The molecule has 0 aliphatic heterocycles. The fourth-order valence-corrected chi connectivity index (χ4v) is 2.56. The van der Waals surface area contributed by atoms with Crippen LogP contribution in [0.2, 0.25) is 0 Å². The van der Waals surface area contributed by atoms with Crippen molar-refractivity contribution >= 4 is 6.29 Å². The molecule has 0 saturated heterocycles. The predicted molar refractivity (Wildman–Crippen MR) is 64.8 cm³/mol. The van der Waals surface area contributed by atoms with Crippen molar-refractivity contribution in [3.05, 3.63) is 11.6 Å². The molecule has 0 bridgehead atoms. The van der Waals surface area contributed by atoms with Crippen LogP contribution in [-0.4, -0.2) is 6.29 Å². The second-order valence-corrected chi connectivity index (χ2v) is 6.12. The molecule has 86 valence electrons. The molecular formula is C14H24O. The van der Waals surface area contributed by atoms with Crippen molar-refractivity contribution in [3.63, 3.8) is 0 Å². The summed E-state index contributed by atoms with van der Waals surface area (Å²) < 4.78 is 0. The van der Waals surface area contributed by atoms with Gasteiger partial charge in [-0.05, 0) is 44.9 Å². The van der Waals surface area contributed by atoms with Crippen LogP contribution >= 0.6 is 0 Å². The molecular weight excluding hydrogens is 184 g/mol. The van der Waals surface area contributed by atoms with Crippen LogP contribution in [0.5, 0.6) is 0 Å². The molecule has 0 radical (unpaired) electrons. The summed E-state index contributed by atoms with van der Waals surface area (Å²) in [5.41, 5.74) is 1.68. The lowest BCUT2D eigenvalue weighted by Crippen LogP contribution is -2.34. The Hall–Kier alpha value is -0.590. The Morgan fingerprint density at radius 3 is 2.27 bits per heavy atom. The number of carbonyl (C=O) groups is 1. The maximum absolute atomic E-state index is 11.0. The van der Waals surface area contributed by atoms with Crippen LogP contribution in [0.1, 0.15) is 59.8 Å². The van der Waals surface area contributed by atoms with Crippen molar-refractivity contribution in [1.29, 1.82) is 0 Å². The lowest BCUT2D eigenvalue weighted by atomic mass is 9.60. The van der Waals surface area contributed by atoms with E-state index in [1.807, 2.05) is 0 Å². The zero-order valence-corrected chi connectivity index (χ0v) is 10.6. The second-order valence-electron chi connectivity index (χ2n) is 6.12. The quantitative estimate of drug-likeness (QED) is 0.490. The Morgan fingerprint density at radius 1 is 1.33 bits per heavy atom. The van der Waals surface area contributed by atoms with E-state index in [2.05, 4.69) is 33.8 Å². The lowest BCUT2D eigenvalue weighted by molar-refractivity contribution is -0.117. The Balaban J connectivity index is 2.61. The number of allylic oxidation sites excluding steroid dienone is 2. The molecule has 0 heterocycles. The number of rotatable bonds is 5. The Kier molecular flexibility index (Phi) is 3.75. The minimum Gasteiger partial charge on any atom is -0.303 e. The molecule has 1 aliphatic carbocycles. The van der Waals surface area contributed by atoms with Gasteiger partial charge in [-0.3, -0.25) is 0 Å². The largest absolute Gasteiger partial charge is 0.303 e. The van der Waals surface area contributed by atoms with Crippen LogP contribution in [0, 0.1) is 10.8 Å². The van der Waals surface area contributed by atoms with E-state index in [1.165, 1.54) is 24.8 Å². The van der Waals surface area contributed by atoms with Gasteiger partial charge in [-0.15, -0.1) is 0 Å². The molecule has 0 unspecified atom stereocenters.